The first-order valence-corrected chi connectivity index (χ1v) is 12.2. The van der Waals surface area contributed by atoms with E-state index in [4.69, 9.17) is 11.6 Å². The van der Waals surface area contributed by atoms with Crippen LogP contribution in [0.25, 0.3) is 0 Å². The maximum absolute atomic E-state index is 13.0. The molecule has 2 heterocycles. The van der Waals surface area contributed by atoms with Crippen molar-refractivity contribution in [2.75, 3.05) is 29.9 Å². The quantitative estimate of drug-likeness (QED) is 0.748. The van der Waals surface area contributed by atoms with Gasteiger partial charge >= 0.3 is 0 Å². The molecule has 2 saturated heterocycles. The van der Waals surface area contributed by atoms with Crippen LogP contribution in [0, 0.1) is 0 Å². The van der Waals surface area contributed by atoms with Crippen molar-refractivity contribution in [2.24, 2.45) is 0 Å². The SMILES string of the molecule is O=C(Nc1ccc(N2CCCCC2)cc1)[C@H]1CCCN1S(=O)(=O)c1ccc(Cl)cc1. The maximum atomic E-state index is 13.0. The number of hydrogen-bond donors (Lipinski definition) is 1. The van der Waals surface area contributed by atoms with E-state index < -0.39 is 16.1 Å². The van der Waals surface area contributed by atoms with Gasteiger partial charge in [-0.25, -0.2) is 8.42 Å². The number of benzene rings is 2. The van der Waals surface area contributed by atoms with Gasteiger partial charge in [0.25, 0.3) is 0 Å². The Kier molecular flexibility index (Phi) is 6.32. The summed E-state index contributed by atoms with van der Waals surface area (Å²) < 4.78 is 27.4. The third-order valence-electron chi connectivity index (χ3n) is 5.78. The average molecular weight is 448 g/mol. The Morgan fingerprint density at radius 2 is 1.57 bits per heavy atom. The normalized spacial score (nSPS) is 20.3. The van der Waals surface area contributed by atoms with Gasteiger partial charge in [-0.05, 0) is 80.6 Å². The van der Waals surface area contributed by atoms with Crippen LogP contribution >= 0.6 is 11.6 Å². The highest BCUT2D eigenvalue weighted by atomic mass is 35.5. The molecule has 4 rings (SSSR count). The molecule has 30 heavy (non-hydrogen) atoms. The Hall–Kier alpha value is -2.09. The molecule has 0 spiro atoms. The highest BCUT2D eigenvalue weighted by molar-refractivity contribution is 7.89. The molecule has 2 aliphatic heterocycles. The van der Waals surface area contributed by atoms with E-state index in [-0.39, 0.29) is 10.8 Å². The third-order valence-corrected chi connectivity index (χ3v) is 7.96. The lowest BCUT2D eigenvalue weighted by Gasteiger charge is -2.29. The molecule has 1 atom stereocenters. The van der Waals surface area contributed by atoms with Crippen LogP contribution in [0.15, 0.2) is 53.4 Å². The molecule has 160 valence electrons. The molecule has 0 radical (unpaired) electrons. The van der Waals surface area contributed by atoms with E-state index in [1.54, 1.807) is 12.1 Å². The number of amides is 1. The van der Waals surface area contributed by atoms with Crippen LogP contribution in [0.4, 0.5) is 11.4 Å². The van der Waals surface area contributed by atoms with Crippen LogP contribution < -0.4 is 10.2 Å². The molecular formula is C22H26ClN3O3S. The molecule has 6 nitrogen and oxygen atoms in total. The predicted molar refractivity (Wildman–Crippen MR) is 120 cm³/mol. The van der Waals surface area contributed by atoms with Crippen molar-refractivity contribution in [3.05, 3.63) is 53.6 Å². The number of sulfonamides is 1. The van der Waals surface area contributed by atoms with Crippen LogP contribution in [-0.4, -0.2) is 44.3 Å². The molecule has 2 aliphatic rings. The number of rotatable bonds is 5. The Morgan fingerprint density at radius 3 is 2.23 bits per heavy atom. The monoisotopic (exact) mass is 447 g/mol. The summed E-state index contributed by atoms with van der Waals surface area (Å²) in [6, 6.07) is 13.1. The fourth-order valence-corrected chi connectivity index (χ4v) is 5.95. The molecule has 8 heteroatoms. The lowest BCUT2D eigenvalue weighted by atomic mass is 10.1. The van der Waals surface area contributed by atoms with Gasteiger partial charge in [0.1, 0.15) is 6.04 Å². The Bertz CT molecular complexity index is 987. The van der Waals surface area contributed by atoms with Gasteiger partial charge in [-0.2, -0.15) is 4.31 Å². The van der Waals surface area contributed by atoms with E-state index in [1.807, 2.05) is 24.3 Å². The predicted octanol–water partition coefficient (Wildman–Crippen LogP) is 4.12. The third kappa shape index (κ3) is 4.48. The second-order valence-electron chi connectivity index (χ2n) is 7.81. The number of halogens is 1. The highest BCUT2D eigenvalue weighted by Gasteiger charge is 2.39. The average Bonchev–Trinajstić information content (AvgIpc) is 3.26. The summed E-state index contributed by atoms with van der Waals surface area (Å²) in [6.07, 6.45) is 4.85. The lowest BCUT2D eigenvalue weighted by Crippen LogP contribution is -2.43. The molecule has 0 unspecified atom stereocenters. The van der Waals surface area contributed by atoms with Gasteiger partial charge in [-0.3, -0.25) is 4.79 Å². The first-order valence-electron chi connectivity index (χ1n) is 10.4. The summed E-state index contributed by atoms with van der Waals surface area (Å²) in [5, 5.41) is 3.36. The van der Waals surface area contributed by atoms with Crippen molar-refractivity contribution in [3.63, 3.8) is 0 Å². The minimum Gasteiger partial charge on any atom is -0.372 e. The smallest absolute Gasteiger partial charge is 0.243 e. The molecule has 0 aliphatic carbocycles. The molecule has 2 fully saturated rings. The van der Waals surface area contributed by atoms with Crippen LogP contribution in [0.1, 0.15) is 32.1 Å². The van der Waals surface area contributed by atoms with E-state index in [0.717, 1.165) is 18.8 Å². The zero-order valence-corrected chi connectivity index (χ0v) is 18.3. The molecule has 2 aromatic rings. The van der Waals surface area contributed by atoms with Gasteiger partial charge in [-0.1, -0.05) is 11.6 Å². The van der Waals surface area contributed by atoms with Crippen molar-refractivity contribution in [3.8, 4) is 0 Å². The van der Waals surface area contributed by atoms with Crippen LogP contribution in [0.2, 0.25) is 5.02 Å². The summed E-state index contributed by atoms with van der Waals surface area (Å²) >= 11 is 5.88. The zero-order chi connectivity index (χ0) is 21.1. The molecule has 2 aromatic carbocycles. The molecule has 1 N–H and O–H groups in total. The highest BCUT2D eigenvalue weighted by Crippen LogP contribution is 2.28. The van der Waals surface area contributed by atoms with Crippen molar-refractivity contribution >= 4 is 38.9 Å². The summed E-state index contributed by atoms with van der Waals surface area (Å²) in [5.41, 5.74) is 1.83. The van der Waals surface area contributed by atoms with Crippen molar-refractivity contribution < 1.29 is 13.2 Å². The number of carbonyl (C=O) groups is 1. The van der Waals surface area contributed by atoms with Crippen molar-refractivity contribution in [2.45, 2.75) is 43.0 Å². The Labute approximate surface area is 182 Å². The topological polar surface area (TPSA) is 69.7 Å². The first-order chi connectivity index (χ1) is 14.4. The van der Waals surface area contributed by atoms with E-state index in [9.17, 15) is 13.2 Å². The van der Waals surface area contributed by atoms with E-state index in [0.29, 0.717) is 30.1 Å². The number of nitrogens with one attached hydrogen (secondary N) is 1. The van der Waals surface area contributed by atoms with Crippen molar-refractivity contribution in [1.29, 1.82) is 0 Å². The summed E-state index contributed by atoms with van der Waals surface area (Å²) in [5.74, 6) is -0.296. The number of nitrogens with zero attached hydrogens (tertiary/aromatic N) is 2. The largest absolute Gasteiger partial charge is 0.372 e. The van der Waals surface area contributed by atoms with Crippen LogP contribution in [0.3, 0.4) is 0 Å². The van der Waals surface area contributed by atoms with E-state index >= 15 is 0 Å². The lowest BCUT2D eigenvalue weighted by molar-refractivity contribution is -0.119. The standard InChI is InChI=1S/C22H26ClN3O3S/c23-17-6-12-20(13-7-17)30(28,29)26-16-4-5-21(26)22(27)24-18-8-10-19(11-9-18)25-14-2-1-3-15-25/h6-13,21H,1-5,14-16H2,(H,24,27)/t21-/m1/s1. The number of piperidine rings is 1. The fraction of sp³-hybridized carbons (Fsp3) is 0.409. The molecule has 0 saturated carbocycles. The fourth-order valence-electron chi connectivity index (χ4n) is 4.17. The van der Waals surface area contributed by atoms with Gasteiger partial charge < -0.3 is 10.2 Å². The van der Waals surface area contributed by atoms with Crippen LogP contribution in [0.5, 0.6) is 0 Å². The minimum atomic E-state index is -3.76. The molecule has 0 aromatic heterocycles. The number of carbonyl (C=O) groups excluding carboxylic acids is 1. The van der Waals surface area contributed by atoms with Gasteiger partial charge in [0.05, 0.1) is 4.90 Å². The number of hydrogen-bond acceptors (Lipinski definition) is 4. The minimum absolute atomic E-state index is 0.150. The first kappa shape index (κ1) is 21.2. The summed E-state index contributed by atoms with van der Waals surface area (Å²) in [7, 11) is -3.76. The maximum Gasteiger partial charge on any atom is 0.243 e. The summed E-state index contributed by atoms with van der Waals surface area (Å²) in [4.78, 5) is 15.4. The van der Waals surface area contributed by atoms with E-state index in [2.05, 4.69) is 10.2 Å². The zero-order valence-electron chi connectivity index (χ0n) is 16.8. The number of anilines is 2. The van der Waals surface area contributed by atoms with Gasteiger partial charge in [-0.15, -0.1) is 0 Å². The Balaban J connectivity index is 1.45. The molecule has 0 bridgehead atoms. The Morgan fingerprint density at radius 1 is 0.900 bits per heavy atom. The van der Waals surface area contributed by atoms with E-state index in [1.165, 1.54) is 35.7 Å². The molecule has 1 amide bonds. The van der Waals surface area contributed by atoms with Crippen molar-refractivity contribution in [1.82, 2.24) is 4.31 Å². The second-order valence-corrected chi connectivity index (χ2v) is 10.1. The summed E-state index contributed by atoms with van der Waals surface area (Å²) in [6.45, 7) is 2.45. The van der Waals surface area contributed by atoms with Gasteiger partial charge in [0, 0.05) is 36.0 Å². The van der Waals surface area contributed by atoms with Crippen LogP contribution in [-0.2, 0) is 14.8 Å². The van der Waals surface area contributed by atoms with Gasteiger partial charge in [0.15, 0.2) is 0 Å². The van der Waals surface area contributed by atoms with Gasteiger partial charge in [0.2, 0.25) is 15.9 Å². The second kappa shape index (κ2) is 8.96. The molecular weight excluding hydrogens is 422 g/mol.